The van der Waals surface area contributed by atoms with Crippen molar-refractivity contribution in [3.63, 3.8) is 0 Å². The molecule has 0 heterocycles. The highest BCUT2D eigenvalue weighted by atomic mass is 127. The van der Waals surface area contributed by atoms with E-state index in [9.17, 15) is 4.39 Å². The van der Waals surface area contributed by atoms with E-state index in [1.54, 1.807) is 13.2 Å². The molecule has 0 aliphatic rings. The Balaban J connectivity index is 2.77. The van der Waals surface area contributed by atoms with Crippen LogP contribution in [0.25, 0.3) is 0 Å². The summed E-state index contributed by atoms with van der Waals surface area (Å²) in [4.78, 5) is 0. The van der Waals surface area contributed by atoms with Gasteiger partial charge in [0.15, 0.2) is 0 Å². The van der Waals surface area contributed by atoms with Gasteiger partial charge < -0.3 is 10.1 Å². The minimum absolute atomic E-state index is 0.206. The van der Waals surface area contributed by atoms with Crippen LogP contribution in [0.3, 0.4) is 0 Å². The van der Waals surface area contributed by atoms with Gasteiger partial charge >= 0.3 is 0 Å². The average molecular weight is 337 g/mol. The van der Waals surface area contributed by atoms with Crippen molar-refractivity contribution < 1.29 is 9.13 Å². The predicted molar refractivity (Wildman–Crippen MR) is 73.2 cm³/mol. The Kier molecular flexibility index (Phi) is 5.48. The summed E-state index contributed by atoms with van der Waals surface area (Å²) in [7, 11) is 1.69. The van der Waals surface area contributed by atoms with Crippen LogP contribution >= 0.6 is 22.6 Å². The molecule has 0 spiro atoms. The summed E-state index contributed by atoms with van der Waals surface area (Å²) in [6.45, 7) is 4.91. The van der Waals surface area contributed by atoms with Crippen molar-refractivity contribution in [2.45, 2.75) is 19.9 Å². The molecular weight excluding hydrogens is 320 g/mol. The molecule has 4 heteroatoms. The Morgan fingerprint density at radius 1 is 1.44 bits per heavy atom. The van der Waals surface area contributed by atoms with Crippen LogP contribution in [0.2, 0.25) is 0 Å². The van der Waals surface area contributed by atoms with E-state index in [-0.39, 0.29) is 11.9 Å². The van der Waals surface area contributed by atoms with Gasteiger partial charge in [-0.3, -0.25) is 0 Å². The second-order valence-corrected chi connectivity index (χ2v) is 5.24. The van der Waals surface area contributed by atoms with E-state index < -0.39 is 0 Å². The van der Waals surface area contributed by atoms with Gasteiger partial charge in [0.2, 0.25) is 0 Å². The van der Waals surface area contributed by atoms with Gasteiger partial charge in [-0.1, -0.05) is 13.8 Å². The largest absolute Gasteiger partial charge is 0.383 e. The lowest BCUT2D eigenvalue weighted by atomic mass is 10.1. The van der Waals surface area contributed by atoms with Gasteiger partial charge in [0, 0.05) is 16.4 Å². The number of rotatable bonds is 5. The van der Waals surface area contributed by atoms with Crippen LogP contribution in [-0.2, 0) is 4.74 Å². The van der Waals surface area contributed by atoms with E-state index >= 15 is 0 Å². The topological polar surface area (TPSA) is 21.3 Å². The molecule has 1 rings (SSSR count). The first kappa shape index (κ1) is 13.7. The van der Waals surface area contributed by atoms with Crippen molar-refractivity contribution >= 4 is 28.3 Å². The fourth-order valence-electron chi connectivity index (χ4n) is 1.39. The van der Waals surface area contributed by atoms with E-state index in [2.05, 4.69) is 41.8 Å². The van der Waals surface area contributed by atoms with E-state index in [1.807, 2.05) is 0 Å². The molecule has 0 saturated heterocycles. The summed E-state index contributed by atoms with van der Waals surface area (Å²) in [5, 5.41) is 3.38. The number of hydrogen-bond donors (Lipinski definition) is 1. The summed E-state index contributed by atoms with van der Waals surface area (Å²) in [6.07, 6.45) is 0. The zero-order chi connectivity index (χ0) is 12.1. The van der Waals surface area contributed by atoms with Crippen LogP contribution < -0.4 is 5.32 Å². The van der Waals surface area contributed by atoms with Crippen molar-refractivity contribution in [2.75, 3.05) is 19.0 Å². The zero-order valence-electron chi connectivity index (χ0n) is 9.76. The molecule has 1 aromatic rings. The lowest BCUT2D eigenvalue weighted by Crippen LogP contribution is -2.30. The third-order valence-corrected chi connectivity index (χ3v) is 3.32. The van der Waals surface area contributed by atoms with Crippen molar-refractivity contribution in [1.82, 2.24) is 0 Å². The number of nitrogens with one attached hydrogen (secondary N) is 1. The first-order valence-electron chi connectivity index (χ1n) is 5.25. The standard InChI is InChI=1S/C12H17FINO/c1-8(2)12(7-16-3)15-11-5-4-9(13)6-10(11)14/h4-6,8,12,15H,7H2,1-3H3. The Morgan fingerprint density at radius 3 is 2.62 bits per heavy atom. The second-order valence-electron chi connectivity index (χ2n) is 4.07. The molecule has 0 aliphatic carbocycles. The van der Waals surface area contributed by atoms with Crippen LogP contribution in [0.4, 0.5) is 10.1 Å². The molecule has 0 saturated carbocycles. The molecule has 0 aromatic heterocycles. The van der Waals surface area contributed by atoms with Gasteiger partial charge in [0.05, 0.1) is 12.6 Å². The Bertz CT molecular complexity index is 344. The van der Waals surface area contributed by atoms with E-state index in [0.717, 1.165) is 9.26 Å². The molecule has 0 aliphatic heterocycles. The summed E-state index contributed by atoms with van der Waals surface area (Å²) in [5.41, 5.74) is 0.956. The molecule has 0 bridgehead atoms. The average Bonchev–Trinajstić information content (AvgIpc) is 2.20. The summed E-state index contributed by atoms with van der Waals surface area (Å²) < 4.78 is 19.0. The second kappa shape index (κ2) is 6.39. The van der Waals surface area contributed by atoms with E-state index in [1.165, 1.54) is 12.1 Å². The number of methoxy groups -OCH3 is 1. The van der Waals surface area contributed by atoms with Crippen LogP contribution in [-0.4, -0.2) is 19.8 Å². The Labute approximate surface area is 110 Å². The highest BCUT2D eigenvalue weighted by Gasteiger charge is 2.14. The molecule has 0 amide bonds. The summed E-state index contributed by atoms with van der Waals surface area (Å²) >= 11 is 2.13. The molecule has 1 N–H and O–H groups in total. The lowest BCUT2D eigenvalue weighted by molar-refractivity contribution is 0.171. The maximum absolute atomic E-state index is 12.9. The van der Waals surface area contributed by atoms with Gasteiger partial charge in [-0.2, -0.15) is 0 Å². The number of hydrogen-bond acceptors (Lipinski definition) is 2. The SMILES string of the molecule is COCC(Nc1ccc(F)cc1I)C(C)C. The number of benzene rings is 1. The monoisotopic (exact) mass is 337 g/mol. The highest BCUT2D eigenvalue weighted by Crippen LogP contribution is 2.21. The molecule has 1 aromatic carbocycles. The molecule has 2 nitrogen and oxygen atoms in total. The van der Waals surface area contributed by atoms with Gasteiger partial charge in [-0.15, -0.1) is 0 Å². The molecule has 0 radical (unpaired) electrons. The highest BCUT2D eigenvalue weighted by molar-refractivity contribution is 14.1. The van der Waals surface area contributed by atoms with Crippen molar-refractivity contribution in [2.24, 2.45) is 5.92 Å². The first-order chi connectivity index (χ1) is 7.54. The third-order valence-electron chi connectivity index (χ3n) is 2.42. The molecule has 1 unspecified atom stereocenters. The molecule has 0 fully saturated rings. The Hall–Kier alpha value is -0.360. The number of anilines is 1. The van der Waals surface area contributed by atoms with Gasteiger partial charge in [-0.25, -0.2) is 4.39 Å². The number of ether oxygens (including phenoxy) is 1. The van der Waals surface area contributed by atoms with E-state index in [0.29, 0.717) is 12.5 Å². The number of halogens is 2. The van der Waals surface area contributed by atoms with Crippen LogP contribution in [0, 0.1) is 15.3 Å². The maximum atomic E-state index is 12.9. The normalized spacial score (nSPS) is 12.9. The summed E-state index contributed by atoms with van der Waals surface area (Å²) in [5.74, 6) is 0.253. The minimum Gasteiger partial charge on any atom is -0.383 e. The molecule has 1 atom stereocenters. The van der Waals surface area contributed by atoms with Crippen molar-refractivity contribution in [1.29, 1.82) is 0 Å². The molecular formula is C12H17FINO. The van der Waals surface area contributed by atoms with Gasteiger partial charge in [0.1, 0.15) is 5.82 Å². The molecule has 90 valence electrons. The zero-order valence-corrected chi connectivity index (χ0v) is 11.9. The smallest absolute Gasteiger partial charge is 0.124 e. The predicted octanol–water partition coefficient (Wildman–Crippen LogP) is 3.51. The van der Waals surface area contributed by atoms with Gasteiger partial charge in [-0.05, 0) is 46.7 Å². The van der Waals surface area contributed by atoms with Gasteiger partial charge in [0.25, 0.3) is 0 Å². The van der Waals surface area contributed by atoms with Crippen LogP contribution in [0.5, 0.6) is 0 Å². The van der Waals surface area contributed by atoms with Crippen LogP contribution in [0.15, 0.2) is 18.2 Å². The van der Waals surface area contributed by atoms with Crippen molar-refractivity contribution in [3.05, 3.63) is 27.6 Å². The van der Waals surface area contributed by atoms with Crippen molar-refractivity contribution in [3.8, 4) is 0 Å². The third kappa shape index (κ3) is 3.90. The molecule has 16 heavy (non-hydrogen) atoms. The summed E-state index contributed by atoms with van der Waals surface area (Å²) in [6, 6.07) is 4.99. The quantitative estimate of drug-likeness (QED) is 0.831. The fourth-order valence-corrected chi connectivity index (χ4v) is 2.02. The minimum atomic E-state index is -0.206. The van der Waals surface area contributed by atoms with Crippen LogP contribution in [0.1, 0.15) is 13.8 Å². The van der Waals surface area contributed by atoms with E-state index in [4.69, 9.17) is 4.74 Å². The first-order valence-corrected chi connectivity index (χ1v) is 6.33. The Morgan fingerprint density at radius 2 is 2.12 bits per heavy atom. The maximum Gasteiger partial charge on any atom is 0.124 e. The fraction of sp³-hybridized carbons (Fsp3) is 0.500. The lowest BCUT2D eigenvalue weighted by Gasteiger charge is -2.23.